The first-order valence-electron chi connectivity index (χ1n) is 17.1. The van der Waals surface area contributed by atoms with E-state index < -0.39 is 0 Å². The molecule has 230 valence electrons. The van der Waals surface area contributed by atoms with Crippen molar-refractivity contribution in [2.45, 2.75) is 19.3 Å². The molecule has 8 aromatic carbocycles. The zero-order valence-corrected chi connectivity index (χ0v) is 27.3. The fraction of sp³-hybridized carbons (Fsp3) is 0.0638. The quantitative estimate of drug-likeness (QED) is 0.175. The smallest absolute Gasteiger partial charge is 0.135 e. The first-order valence-corrected chi connectivity index (χ1v) is 17.1. The van der Waals surface area contributed by atoms with Gasteiger partial charge in [-0.2, -0.15) is 0 Å². The largest absolute Gasteiger partial charge is 0.456 e. The van der Waals surface area contributed by atoms with Gasteiger partial charge in [0.05, 0.1) is 11.0 Å². The van der Waals surface area contributed by atoms with Gasteiger partial charge in [0, 0.05) is 32.6 Å². The molecule has 49 heavy (non-hydrogen) atoms. The van der Waals surface area contributed by atoms with Crippen LogP contribution >= 0.6 is 0 Å². The van der Waals surface area contributed by atoms with Crippen LogP contribution in [0.15, 0.2) is 156 Å². The molecule has 0 spiro atoms. The standard InChI is InChI=1S/C47H31NO/c1-47(2)40-26-43-38(24-36(40)37-25-39-35-16-8-10-18-44(35)49-45(39)27-41(37)47)34-15-7-9-17-42(34)48(43)31-21-19-28(20-22-31)46-32-13-5-3-11-29(32)23-30-12-4-6-14-33(30)46/h3-27H,1-2H3. The molecule has 1 aliphatic carbocycles. The summed E-state index contributed by atoms with van der Waals surface area (Å²) in [5.74, 6) is 0. The zero-order valence-electron chi connectivity index (χ0n) is 27.3. The average molecular weight is 626 g/mol. The fourth-order valence-electron chi connectivity index (χ4n) is 8.79. The molecular formula is C47H31NO. The summed E-state index contributed by atoms with van der Waals surface area (Å²) in [5.41, 5.74) is 13.2. The second-order valence-electron chi connectivity index (χ2n) is 14.1. The third-order valence-corrected chi connectivity index (χ3v) is 11.2. The van der Waals surface area contributed by atoms with Crippen LogP contribution in [-0.4, -0.2) is 4.57 Å². The van der Waals surface area contributed by atoms with Crippen molar-refractivity contribution in [3.8, 4) is 27.9 Å². The highest BCUT2D eigenvalue weighted by molar-refractivity contribution is 6.14. The van der Waals surface area contributed by atoms with Crippen molar-refractivity contribution in [2.75, 3.05) is 0 Å². The van der Waals surface area contributed by atoms with E-state index in [1.165, 1.54) is 87.5 Å². The van der Waals surface area contributed by atoms with E-state index in [4.69, 9.17) is 4.42 Å². The van der Waals surface area contributed by atoms with Gasteiger partial charge in [-0.25, -0.2) is 0 Å². The Balaban J connectivity index is 1.13. The minimum Gasteiger partial charge on any atom is -0.456 e. The molecule has 2 nitrogen and oxygen atoms in total. The molecule has 0 N–H and O–H groups in total. The maximum Gasteiger partial charge on any atom is 0.135 e. The predicted molar refractivity (Wildman–Crippen MR) is 206 cm³/mol. The lowest BCUT2D eigenvalue weighted by Crippen LogP contribution is -2.15. The van der Waals surface area contributed by atoms with E-state index >= 15 is 0 Å². The Morgan fingerprint density at radius 1 is 0.449 bits per heavy atom. The summed E-state index contributed by atoms with van der Waals surface area (Å²) in [6.45, 7) is 4.71. The van der Waals surface area contributed by atoms with E-state index in [1.54, 1.807) is 0 Å². The SMILES string of the molecule is CC1(C)c2cc3oc4ccccc4c3cc2-c2cc3c4ccccc4n(-c4ccc(-c5c6ccccc6cc6ccccc56)cc4)c3cc21. The molecule has 0 fully saturated rings. The van der Waals surface area contributed by atoms with Crippen molar-refractivity contribution in [1.29, 1.82) is 0 Å². The third-order valence-electron chi connectivity index (χ3n) is 11.2. The van der Waals surface area contributed by atoms with Crippen molar-refractivity contribution in [2.24, 2.45) is 0 Å². The van der Waals surface area contributed by atoms with Gasteiger partial charge in [0.25, 0.3) is 0 Å². The fourth-order valence-corrected chi connectivity index (χ4v) is 8.79. The summed E-state index contributed by atoms with van der Waals surface area (Å²) in [6, 6.07) is 55.7. The van der Waals surface area contributed by atoms with Crippen LogP contribution in [0.25, 0.3) is 93.2 Å². The maximum absolute atomic E-state index is 6.35. The Kier molecular flexibility index (Phi) is 5.21. The summed E-state index contributed by atoms with van der Waals surface area (Å²) >= 11 is 0. The number of rotatable bonds is 2. The van der Waals surface area contributed by atoms with Crippen molar-refractivity contribution >= 4 is 65.3 Å². The van der Waals surface area contributed by atoms with Crippen molar-refractivity contribution < 1.29 is 4.42 Å². The van der Waals surface area contributed by atoms with Gasteiger partial charge >= 0.3 is 0 Å². The van der Waals surface area contributed by atoms with Crippen LogP contribution in [-0.2, 0) is 5.41 Å². The Bertz CT molecular complexity index is 2950. The molecule has 2 heterocycles. The molecule has 0 radical (unpaired) electrons. The van der Waals surface area contributed by atoms with Crippen LogP contribution in [0.5, 0.6) is 0 Å². The van der Waals surface area contributed by atoms with Gasteiger partial charge in [-0.05, 0) is 110 Å². The van der Waals surface area contributed by atoms with Gasteiger partial charge in [-0.3, -0.25) is 0 Å². The number of aromatic nitrogens is 1. The summed E-state index contributed by atoms with van der Waals surface area (Å²) < 4.78 is 8.80. The number of fused-ring (bicyclic) bond motifs is 11. The number of hydrogen-bond donors (Lipinski definition) is 0. The number of nitrogens with zero attached hydrogens (tertiary/aromatic N) is 1. The van der Waals surface area contributed by atoms with Crippen LogP contribution in [0.1, 0.15) is 25.0 Å². The third kappa shape index (κ3) is 3.61. The second-order valence-corrected chi connectivity index (χ2v) is 14.1. The summed E-state index contributed by atoms with van der Waals surface area (Å²) in [6.07, 6.45) is 0. The zero-order chi connectivity index (χ0) is 32.4. The minimum atomic E-state index is -0.174. The minimum absolute atomic E-state index is 0.174. The second kappa shape index (κ2) is 9.49. The lowest BCUT2D eigenvalue weighted by Gasteiger charge is -2.21. The van der Waals surface area contributed by atoms with Gasteiger partial charge in [0.2, 0.25) is 0 Å². The number of benzene rings is 8. The first-order chi connectivity index (χ1) is 24.0. The number of hydrogen-bond acceptors (Lipinski definition) is 1. The van der Waals surface area contributed by atoms with Crippen LogP contribution in [0.4, 0.5) is 0 Å². The van der Waals surface area contributed by atoms with E-state index in [0.29, 0.717) is 0 Å². The molecule has 0 unspecified atom stereocenters. The van der Waals surface area contributed by atoms with Gasteiger partial charge in [0.15, 0.2) is 0 Å². The van der Waals surface area contributed by atoms with Crippen molar-refractivity contribution in [3.63, 3.8) is 0 Å². The molecule has 0 amide bonds. The van der Waals surface area contributed by atoms with Crippen molar-refractivity contribution in [1.82, 2.24) is 4.57 Å². The maximum atomic E-state index is 6.35. The molecule has 1 aliphatic rings. The van der Waals surface area contributed by atoms with Gasteiger partial charge in [-0.1, -0.05) is 111 Å². The molecule has 2 aromatic heterocycles. The molecular weight excluding hydrogens is 595 g/mol. The Labute approximate surface area is 283 Å². The number of para-hydroxylation sites is 2. The summed E-state index contributed by atoms with van der Waals surface area (Å²) in [5, 5.41) is 9.99. The van der Waals surface area contributed by atoms with Gasteiger partial charge < -0.3 is 8.98 Å². The average Bonchev–Trinajstić information content (AvgIpc) is 3.74. The Hall–Kier alpha value is -6.12. The molecule has 10 aromatic rings. The Morgan fingerprint density at radius 3 is 1.78 bits per heavy atom. The summed E-state index contributed by atoms with van der Waals surface area (Å²) in [4.78, 5) is 0. The Morgan fingerprint density at radius 2 is 1.04 bits per heavy atom. The molecule has 11 rings (SSSR count). The highest BCUT2D eigenvalue weighted by atomic mass is 16.3. The molecule has 0 saturated heterocycles. The predicted octanol–water partition coefficient (Wildman–Crippen LogP) is 13.0. The monoisotopic (exact) mass is 625 g/mol. The van der Waals surface area contributed by atoms with E-state index in [2.05, 4.69) is 164 Å². The topological polar surface area (TPSA) is 18.1 Å². The van der Waals surface area contributed by atoms with E-state index in [9.17, 15) is 0 Å². The molecule has 0 bridgehead atoms. The van der Waals surface area contributed by atoms with Crippen LogP contribution in [0.2, 0.25) is 0 Å². The molecule has 2 heteroatoms. The summed E-state index contributed by atoms with van der Waals surface area (Å²) in [7, 11) is 0. The molecule has 0 aliphatic heterocycles. The highest BCUT2D eigenvalue weighted by Crippen LogP contribution is 2.53. The van der Waals surface area contributed by atoms with Crippen LogP contribution < -0.4 is 0 Å². The van der Waals surface area contributed by atoms with Crippen LogP contribution in [0.3, 0.4) is 0 Å². The first kappa shape index (κ1) is 26.9. The number of furan rings is 1. The van der Waals surface area contributed by atoms with E-state index in [1.807, 2.05) is 6.07 Å². The van der Waals surface area contributed by atoms with Crippen molar-refractivity contribution in [3.05, 3.63) is 163 Å². The van der Waals surface area contributed by atoms with Gasteiger partial charge in [0.1, 0.15) is 11.2 Å². The highest BCUT2D eigenvalue weighted by Gasteiger charge is 2.37. The van der Waals surface area contributed by atoms with Gasteiger partial charge in [-0.15, -0.1) is 0 Å². The van der Waals surface area contributed by atoms with E-state index in [-0.39, 0.29) is 5.41 Å². The molecule has 0 atom stereocenters. The lowest BCUT2D eigenvalue weighted by molar-refractivity contribution is 0.647. The molecule has 0 saturated carbocycles. The lowest BCUT2D eigenvalue weighted by atomic mass is 9.82. The van der Waals surface area contributed by atoms with Crippen LogP contribution in [0, 0.1) is 0 Å². The normalized spacial score (nSPS) is 13.7. The van der Waals surface area contributed by atoms with E-state index in [0.717, 1.165) is 16.9 Å².